The Labute approximate surface area is 168 Å². The molecule has 3 aromatic carbocycles. The second kappa shape index (κ2) is 6.76. The molecule has 4 aromatic rings. The van der Waals surface area contributed by atoms with Crippen LogP contribution in [0.25, 0.3) is 17.0 Å². The van der Waals surface area contributed by atoms with Crippen LogP contribution in [0, 0.1) is 0 Å². The Hall–Kier alpha value is -3.63. The van der Waals surface area contributed by atoms with Gasteiger partial charge in [-0.2, -0.15) is 0 Å². The molecule has 2 heterocycles. The van der Waals surface area contributed by atoms with Crippen molar-refractivity contribution in [3.8, 4) is 0 Å². The maximum Gasteiger partial charge on any atom is 0.268 e. The lowest BCUT2D eigenvalue weighted by Gasteiger charge is -2.22. The highest BCUT2D eigenvalue weighted by molar-refractivity contribution is 6.11. The highest BCUT2D eigenvalue weighted by Crippen LogP contribution is 2.46. The smallest absolute Gasteiger partial charge is 0.268 e. The number of nitrogens with zero attached hydrogens (tertiary/aromatic N) is 1. The number of aromatic amines is 1. The van der Waals surface area contributed by atoms with Gasteiger partial charge in [-0.15, -0.1) is 0 Å². The lowest BCUT2D eigenvalue weighted by Crippen LogP contribution is -2.41. The third kappa shape index (κ3) is 2.69. The Kier molecular flexibility index (Phi) is 4.07. The fourth-order valence-electron chi connectivity index (χ4n) is 4.11. The van der Waals surface area contributed by atoms with Gasteiger partial charge in [0.2, 0.25) is 0 Å². The molecule has 2 N–H and O–H groups in total. The summed E-state index contributed by atoms with van der Waals surface area (Å²) in [5, 5.41) is 12.6. The number of aromatic nitrogens is 1. The van der Waals surface area contributed by atoms with Gasteiger partial charge in [-0.25, -0.2) is 0 Å². The van der Waals surface area contributed by atoms with E-state index >= 15 is 0 Å². The minimum absolute atomic E-state index is 0.332. The average molecular weight is 380 g/mol. The predicted octanol–water partition coefficient (Wildman–Crippen LogP) is 4.46. The Morgan fingerprint density at radius 2 is 1.62 bits per heavy atom. The maximum absolute atomic E-state index is 13.5. The number of amides is 1. The summed E-state index contributed by atoms with van der Waals surface area (Å²) in [6, 6.07) is 25.1. The van der Waals surface area contributed by atoms with Crippen LogP contribution in [-0.2, 0) is 10.4 Å². The molecule has 29 heavy (non-hydrogen) atoms. The van der Waals surface area contributed by atoms with Crippen LogP contribution in [0.3, 0.4) is 0 Å². The topological polar surface area (TPSA) is 56.3 Å². The van der Waals surface area contributed by atoms with Crippen LogP contribution in [0.5, 0.6) is 0 Å². The van der Waals surface area contributed by atoms with Gasteiger partial charge in [0.1, 0.15) is 0 Å². The average Bonchev–Trinajstić information content (AvgIpc) is 3.29. The Bertz CT molecular complexity index is 1230. The number of aliphatic hydroxyl groups is 1. The van der Waals surface area contributed by atoms with Gasteiger partial charge in [0.15, 0.2) is 5.60 Å². The van der Waals surface area contributed by atoms with Crippen molar-refractivity contribution in [2.75, 3.05) is 11.4 Å². The summed E-state index contributed by atoms with van der Waals surface area (Å²) in [6.45, 7) is 0.384. The van der Waals surface area contributed by atoms with E-state index in [1.54, 1.807) is 11.1 Å². The Balaban J connectivity index is 1.56. The van der Waals surface area contributed by atoms with E-state index in [0.29, 0.717) is 17.7 Å². The quantitative estimate of drug-likeness (QED) is 0.549. The molecule has 1 unspecified atom stereocenters. The molecular formula is C25H20N2O2. The summed E-state index contributed by atoms with van der Waals surface area (Å²) >= 11 is 0. The zero-order valence-corrected chi connectivity index (χ0v) is 15.7. The minimum atomic E-state index is -1.71. The zero-order chi connectivity index (χ0) is 19.8. The number of fused-ring (bicyclic) bond motifs is 2. The van der Waals surface area contributed by atoms with Gasteiger partial charge in [0, 0.05) is 34.8 Å². The van der Waals surface area contributed by atoms with Crippen molar-refractivity contribution >= 4 is 28.6 Å². The highest BCUT2D eigenvalue weighted by atomic mass is 16.3. The summed E-state index contributed by atoms with van der Waals surface area (Å²) in [6.07, 6.45) is 5.67. The van der Waals surface area contributed by atoms with Gasteiger partial charge < -0.3 is 15.0 Å². The Morgan fingerprint density at radius 1 is 0.897 bits per heavy atom. The highest BCUT2D eigenvalue weighted by Gasteiger charge is 2.51. The van der Waals surface area contributed by atoms with E-state index in [0.717, 1.165) is 22.2 Å². The molecule has 0 saturated heterocycles. The molecule has 0 radical (unpaired) electrons. The number of benzene rings is 3. The first kappa shape index (κ1) is 17.5. The summed E-state index contributed by atoms with van der Waals surface area (Å²) in [4.78, 5) is 18.3. The Morgan fingerprint density at radius 3 is 2.48 bits per heavy atom. The van der Waals surface area contributed by atoms with Gasteiger partial charge in [0.25, 0.3) is 5.91 Å². The first-order valence-electron chi connectivity index (χ1n) is 9.61. The molecule has 1 amide bonds. The number of hydrogen-bond donors (Lipinski definition) is 2. The van der Waals surface area contributed by atoms with E-state index in [4.69, 9.17) is 0 Å². The van der Waals surface area contributed by atoms with E-state index in [1.807, 2.05) is 91.0 Å². The second-order valence-corrected chi connectivity index (χ2v) is 7.20. The molecule has 1 aliphatic rings. The first-order chi connectivity index (χ1) is 14.2. The largest absolute Gasteiger partial charge is 0.372 e. The first-order valence-corrected chi connectivity index (χ1v) is 9.61. The van der Waals surface area contributed by atoms with Crippen LogP contribution in [0.15, 0.2) is 91.1 Å². The van der Waals surface area contributed by atoms with Crippen molar-refractivity contribution < 1.29 is 9.90 Å². The van der Waals surface area contributed by atoms with Crippen molar-refractivity contribution in [1.29, 1.82) is 0 Å². The lowest BCUT2D eigenvalue weighted by molar-refractivity contribution is -0.131. The standard InChI is InChI=1S/C25H20N2O2/c28-24-25(29,21-17-26-22-14-6-4-12-19(21)22)20-13-5-7-15-23(20)27(24)16-8-11-18-9-2-1-3-10-18/h1-15,17,26,29H,16H2. The second-order valence-electron chi connectivity index (χ2n) is 7.20. The summed E-state index contributed by atoms with van der Waals surface area (Å²) in [5.41, 5.74) is 2.19. The number of carbonyl (C=O) groups is 1. The molecule has 0 fully saturated rings. The number of para-hydroxylation sites is 2. The molecule has 1 atom stereocenters. The van der Waals surface area contributed by atoms with E-state index in [2.05, 4.69) is 4.98 Å². The normalized spacial score (nSPS) is 18.7. The van der Waals surface area contributed by atoms with E-state index in [1.165, 1.54) is 0 Å². The minimum Gasteiger partial charge on any atom is -0.372 e. The maximum atomic E-state index is 13.5. The van der Waals surface area contributed by atoms with E-state index < -0.39 is 5.60 Å². The fraction of sp³-hybridized carbons (Fsp3) is 0.0800. The van der Waals surface area contributed by atoms with Gasteiger partial charge in [-0.3, -0.25) is 4.79 Å². The predicted molar refractivity (Wildman–Crippen MR) is 116 cm³/mol. The van der Waals surface area contributed by atoms with Crippen molar-refractivity contribution in [2.24, 2.45) is 0 Å². The number of H-pyrrole nitrogens is 1. The number of hydrogen-bond acceptors (Lipinski definition) is 2. The van der Waals surface area contributed by atoms with E-state index in [-0.39, 0.29) is 5.91 Å². The molecule has 4 heteroatoms. The van der Waals surface area contributed by atoms with Crippen molar-refractivity contribution in [3.05, 3.63) is 108 Å². The van der Waals surface area contributed by atoms with Crippen molar-refractivity contribution in [2.45, 2.75) is 5.60 Å². The number of nitrogens with one attached hydrogen (secondary N) is 1. The molecule has 142 valence electrons. The molecular weight excluding hydrogens is 360 g/mol. The third-order valence-corrected chi connectivity index (χ3v) is 5.52. The molecule has 1 aromatic heterocycles. The molecule has 0 bridgehead atoms. The molecule has 5 rings (SSSR count). The number of carbonyl (C=O) groups excluding carboxylic acids is 1. The third-order valence-electron chi connectivity index (χ3n) is 5.52. The van der Waals surface area contributed by atoms with Crippen LogP contribution >= 0.6 is 0 Å². The number of rotatable bonds is 4. The molecule has 0 aliphatic carbocycles. The molecule has 4 nitrogen and oxygen atoms in total. The van der Waals surface area contributed by atoms with Crippen LogP contribution < -0.4 is 4.90 Å². The molecule has 0 saturated carbocycles. The number of anilines is 1. The molecule has 1 aliphatic heterocycles. The van der Waals surface area contributed by atoms with Gasteiger partial charge >= 0.3 is 0 Å². The van der Waals surface area contributed by atoms with E-state index in [9.17, 15) is 9.90 Å². The SMILES string of the molecule is O=C1N(CC=Cc2ccccc2)c2ccccc2C1(O)c1c[nH]c2ccccc12. The summed E-state index contributed by atoms with van der Waals surface area (Å²) < 4.78 is 0. The van der Waals surface area contributed by atoms with Gasteiger partial charge in [-0.1, -0.05) is 78.9 Å². The van der Waals surface area contributed by atoms with Gasteiger partial charge in [-0.05, 0) is 17.7 Å². The van der Waals surface area contributed by atoms with Crippen LogP contribution in [0.4, 0.5) is 5.69 Å². The monoisotopic (exact) mass is 380 g/mol. The van der Waals surface area contributed by atoms with Crippen LogP contribution in [-0.4, -0.2) is 22.5 Å². The van der Waals surface area contributed by atoms with Crippen LogP contribution in [0.2, 0.25) is 0 Å². The fourth-order valence-corrected chi connectivity index (χ4v) is 4.11. The van der Waals surface area contributed by atoms with Crippen LogP contribution in [0.1, 0.15) is 16.7 Å². The lowest BCUT2D eigenvalue weighted by atomic mass is 9.87. The zero-order valence-electron chi connectivity index (χ0n) is 15.7. The summed E-state index contributed by atoms with van der Waals surface area (Å²) in [7, 11) is 0. The van der Waals surface area contributed by atoms with Gasteiger partial charge in [0.05, 0.1) is 5.69 Å². The van der Waals surface area contributed by atoms with Crippen molar-refractivity contribution in [1.82, 2.24) is 4.98 Å². The summed E-state index contributed by atoms with van der Waals surface area (Å²) in [5.74, 6) is -0.332. The molecule has 0 spiro atoms. The van der Waals surface area contributed by atoms with Crippen molar-refractivity contribution in [3.63, 3.8) is 0 Å².